The molecule has 0 aromatic carbocycles. The highest BCUT2D eigenvalue weighted by molar-refractivity contribution is 14.0. The highest BCUT2D eigenvalue weighted by Gasteiger charge is 2.33. The van der Waals surface area contributed by atoms with Crippen LogP contribution in [-0.4, -0.2) is 38.1 Å². The molecular weight excluding hydrogens is 365 g/mol. The van der Waals surface area contributed by atoms with Gasteiger partial charge in [-0.15, -0.1) is 24.0 Å². The molecule has 1 aliphatic carbocycles. The van der Waals surface area contributed by atoms with Crippen molar-refractivity contribution in [1.82, 2.24) is 15.6 Å². The van der Waals surface area contributed by atoms with Crippen molar-refractivity contribution in [3.63, 3.8) is 0 Å². The summed E-state index contributed by atoms with van der Waals surface area (Å²) in [5.41, 5.74) is 1.01. The standard InChI is InChI=1S/C14H23N5.HI/c1-10-8-12(10)18-14(15-2)16-9-11-6-5-7-13(17-11)19(3)4;/h5-7,10,12H,8-9H2,1-4H3,(H2,15,16,18);1H. The van der Waals surface area contributed by atoms with E-state index >= 15 is 0 Å². The highest BCUT2D eigenvalue weighted by atomic mass is 127. The summed E-state index contributed by atoms with van der Waals surface area (Å²) in [5, 5.41) is 6.70. The third kappa shape index (κ3) is 4.81. The summed E-state index contributed by atoms with van der Waals surface area (Å²) in [6.07, 6.45) is 1.23. The molecule has 2 atom stereocenters. The van der Waals surface area contributed by atoms with Crippen molar-refractivity contribution in [2.24, 2.45) is 10.9 Å². The minimum absolute atomic E-state index is 0. The Labute approximate surface area is 138 Å². The first-order valence-electron chi connectivity index (χ1n) is 6.70. The quantitative estimate of drug-likeness (QED) is 0.469. The maximum absolute atomic E-state index is 4.57. The fourth-order valence-corrected chi connectivity index (χ4v) is 1.88. The fourth-order valence-electron chi connectivity index (χ4n) is 1.88. The Hall–Kier alpha value is -1.05. The molecule has 1 aromatic rings. The van der Waals surface area contributed by atoms with Gasteiger partial charge in [-0.2, -0.15) is 0 Å². The first-order chi connectivity index (χ1) is 9.10. The van der Waals surface area contributed by atoms with Crippen LogP contribution in [0.2, 0.25) is 0 Å². The fraction of sp³-hybridized carbons (Fsp3) is 0.571. The van der Waals surface area contributed by atoms with E-state index in [1.54, 1.807) is 7.05 Å². The van der Waals surface area contributed by atoms with Crippen LogP contribution in [0.5, 0.6) is 0 Å². The van der Waals surface area contributed by atoms with Gasteiger partial charge in [-0.25, -0.2) is 4.98 Å². The molecule has 6 heteroatoms. The third-order valence-corrected chi connectivity index (χ3v) is 3.34. The lowest BCUT2D eigenvalue weighted by Crippen LogP contribution is -2.38. The average Bonchev–Trinajstić information content (AvgIpc) is 3.10. The van der Waals surface area contributed by atoms with Gasteiger partial charge in [0.1, 0.15) is 5.82 Å². The predicted octanol–water partition coefficient (Wildman–Crippen LogP) is 1.84. The first-order valence-corrected chi connectivity index (χ1v) is 6.70. The van der Waals surface area contributed by atoms with Crippen molar-refractivity contribution in [2.75, 3.05) is 26.0 Å². The summed E-state index contributed by atoms with van der Waals surface area (Å²) in [7, 11) is 5.79. The Morgan fingerprint density at radius 3 is 2.70 bits per heavy atom. The summed E-state index contributed by atoms with van der Waals surface area (Å²) in [4.78, 5) is 10.8. The first kappa shape index (κ1) is 17.0. The van der Waals surface area contributed by atoms with Gasteiger partial charge in [0.05, 0.1) is 12.2 Å². The second-order valence-electron chi connectivity index (χ2n) is 5.27. The third-order valence-electron chi connectivity index (χ3n) is 3.34. The molecule has 112 valence electrons. The number of nitrogens with one attached hydrogen (secondary N) is 2. The van der Waals surface area contributed by atoms with Crippen LogP contribution in [0.1, 0.15) is 19.0 Å². The molecule has 1 saturated carbocycles. The van der Waals surface area contributed by atoms with Crippen molar-refractivity contribution in [2.45, 2.75) is 25.9 Å². The van der Waals surface area contributed by atoms with E-state index in [1.165, 1.54) is 6.42 Å². The van der Waals surface area contributed by atoms with E-state index in [0.29, 0.717) is 12.6 Å². The smallest absolute Gasteiger partial charge is 0.191 e. The lowest BCUT2D eigenvalue weighted by atomic mass is 10.3. The summed E-state index contributed by atoms with van der Waals surface area (Å²) in [5.74, 6) is 2.58. The molecule has 0 radical (unpaired) electrons. The van der Waals surface area contributed by atoms with Gasteiger partial charge in [0.15, 0.2) is 5.96 Å². The number of rotatable bonds is 4. The minimum atomic E-state index is 0. The Balaban J connectivity index is 0.00000200. The summed E-state index contributed by atoms with van der Waals surface area (Å²) in [6, 6.07) is 6.63. The second-order valence-corrected chi connectivity index (χ2v) is 5.27. The van der Waals surface area contributed by atoms with Crippen LogP contribution in [0.25, 0.3) is 0 Å². The predicted molar refractivity (Wildman–Crippen MR) is 94.9 cm³/mol. The molecule has 1 heterocycles. The molecule has 2 N–H and O–H groups in total. The SMILES string of the molecule is CN=C(NCc1cccc(N(C)C)n1)NC1CC1C.I. The van der Waals surface area contributed by atoms with Gasteiger partial charge in [0.2, 0.25) is 0 Å². The van der Waals surface area contributed by atoms with Gasteiger partial charge in [-0.3, -0.25) is 4.99 Å². The van der Waals surface area contributed by atoms with E-state index < -0.39 is 0 Å². The Morgan fingerprint density at radius 2 is 2.15 bits per heavy atom. The van der Waals surface area contributed by atoms with Crippen molar-refractivity contribution in [3.05, 3.63) is 23.9 Å². The Kier molecular flexibility index (Phi) is 6.51. The molecule has 0 amide bonds. The Bertz CT molecular complexity index is 461. The largest absolute Gasteiger partial charge is 0.363 e. The molecule has 20 heavy (non-hydrogen) atoms. The highest BCUT2D eigenvalue weighted by Crippen LogP contribution is 2.28. The molecule has 5 nitrogen and oxygen atoms in total. The van der Waals surface area contributed by atoms with Crippen molar-refractivity contribution < 1.29 is 0 Å². The van der Waals surface area contributed by atoms with E-state index in [9.17, 15) is 0 Å². The van der Waals surface area contributed by atoms with Crippen molar-refractivity contribution in [1.29, 1.82) is 0 Å². The van der Waals surface area contributed by atoms with Gasteiger partial charge in [-0.1, -0.05) is 13.0 Å². The molecule has 0 aliphatic heterocycles. The summed E-state index contributed by atoms with van der Waals surface area (Å²) in [6.45, 7) is 2.93. The number of guanidine groups is 1. The lowest BCUT2D eigenvalue weighted by molar-refractivity contribution is 0.756. The zero-order chi connectivity index (χ0) is 13.8. The van der Waals surface area contributed by atoms with Crippen LogP contribution in [0, 0.1) is 5.92 Å². The molecule has 0 bridgehead atoms. The summed E-state index contributed by atoms with van der Waals surface area (Å²) >= 11 is 0. The van der Waals surface area contributed by atoms with Crippen LogP contribution >= 0.6 is 24.0 Å². The van der Waals surface area contributed by atoms with Crippen LogP contribution in [-0.2, 0) is 6.54 Å². The van der Waals surface area contributed by atoms with Gasteiger partial charge < -0.3 is 15.5 Å². The molecular formula is C14H24IN5. The van der Waals surface area contributed by atoms with Crippen LogP contribution in [0.15, 0.2) is 23.2 Å². The van der Waals surface area contributed by atoms with E-state index in [2.05, 4.69) is 27.5 Å². The second kappa shape index (κ2) is 7.66. The molecule has 2 unspecified atom stereocenters. The van der Waals surface area contributed by atoms with Gasteiger partial charge in [-0.05, 0) is 24.5 Å². The number of aromatic nitrogens is 1. The van der Waals surface area contributed by atoms with Crippen LogP contribution in [0.4, 0.5) is 5.82 Å². The molecule has 2 rings (SSSR count). The minimum Gasteiger partial charge on any atom is -0.363 e. The number of hydrogen-bond acceptors (Lipinski definition) is 3. The zero-order valence-corrected chi connectivity index (χ0v) is 14.9. The molecule has 1 fully saturated rings. The van der Waals surface area contributed by atoms with Gasteiger partial charge >= 0.3 is 0 Å². The Morgan fingerprint density at radius 1 is 1.45 bits per heavy atom. The normalized spacial score (nSPS) is 20.9. The van der Waals surface area contributed by atoms with E-state index in [-0.39, 0.29) is 24.0 Å². The van der Waals surface area contributed by atoms with Gasteiger partial charge in [0, 0.05) is 27.2 Å². The molecule has 0 saturated heterocycles. The average molecular weight is 389 g/mol. The van der Waals surface area contributed by atoms with Crippen LogP contribution < -0.4 is 15.5 Å². The monoisotopic (exact) mass is 389 g/mol. The number of nitrogens with zero attached hydrogens (tertiary/aromatic N) is 3. The molecule has 1 aromatic heterocycles. The number of halogens is 1. The lowest BCUT2D eigenvalue weighted by Gasteiger charge is -2.14. The van der Waals surface area contributed by atoms with Crippen molar-refractivity contribution in [3.8, 4) is 0 Å². The maximum Gasteiger partial charge on any atom is 0.191 e. The van der Waals surface area contributed by atoms with E-state index in [0.717, 1.165) is 23.4 Å². The molecule has 1 aliphatic rings. The number of hydrogen-bond donors (Lipinski definition) is 2. The van der Waals surface area contributed by atoms with E-state index in [4.69, 9.17) is 0 Å². The zero-order valence-electron chi connectivity index (χ0n) is 12.6. The topological polar surface area (TPSA) is 52.6 Å². The number of anilines is 1. The van der Waals surface area contributed by atoms with Crippen LogP contribution in [0.3, 0.4) is 0 Å². The van der Waals surface area contributed by atoms with E-state index in [1.807, 2.05) is 37.2 Å². The molecule has 0 spiro atoms. The number of aliphatic imine (C=N–C) groups is 1. The maximum atomic E-state index is 4.57. The van der Waals surface area contributed by atoms with Crippen molar-refractivity contribution >= 4 is 35.8 Å². The van der Waals surface area contributed by atoms with Gasteiger partial charge in [0.25, 0.3) is 0 Å². The summed E-state index contributed by atoms with van der Waals surface area (Å²) < 4.78 is 0. The number of pyridine rings is 1.